The summed E-state index contributed by atoms with van der Waals surface area (Å²) in [7, 11) is 0. The van der Waals surface area contributed by atoms with Gasteiger partial charge in [0, 0.05) is 18.2 Å². The number of benzene rings is 1. The minimum atomic E-state index is -0.528. The molecule has 1 N–H and O–H groups in total. The van der Waals surface area contributed by atoms with Gasteiger partial charge in [0.25, 0.3) is 0 Å². The predicted octanol–water partition coefficient (Wildman–Crippen LogP) is 2.52. The predicted molar refractivity (Wildman–Crippen MR) is 57.2 cm³/mol. The van der Waals surface area contributed by atoms with E-state index in [1.807, 2.05) is 0 Å². The van der Waals surface area contributed by atoms with Gasteiger partial charge in [0.05, 0.1) is 0 Å². The largest absolute Gasteiger partial charge is 0.505 e. The van der Waals surface area contributed by atoms with Gasteiger partial charge in [-0.1, -0.05) is 12.1 Å². The lowest BCUT2D eigenvalue weighted by atomic mass is 10.1. The number of hydrogen-bond acceptors (Lipinski definition) is 2. The van der Waals surface area contributed by atoms with E-state index in [-0.39, 0.29) is 5.75 Å². The number of aromatic hydroxyl groups is 1. The number of para-hydroxylation sites is 1. The Hall–Kier alpha value is -1.09. The highest BCUT2D eigenvalue weighted by molar-refractivity contribution is 5.33. The van der Waals surface area contributed by atoms with Crippen molar-refractivity contribution in [3.63, 3.8) is 0 Å². The summed E-state index contributed by atoms with van der Waals surface area (Å²) >= 11 is 0. The lowest BCUT2D eigenvalue weighted by molar-refractivity contribution is 0.255. The number of hydrogen-bond donors (Lipinski definition) is 1. The van der Waals surface area contributed by atoms with Crippen LogP contribution in [0.1, 0.15) is 25.3 Å². The van der Waals surface area contributed by atoms with E-state index in [0.717, 1.165) is 6.54 Å². The second-order valence-electron chi connectivity index (χ2n) is 4.21. The van der Waals surface area contributed by atoms with E-state index in [2.05, 4.69) is 11.8 Å². The van der Waals surface area contributed by atoms with E-state index in [9.17, 15) is 9.50 Å². The minimum absolute atomic E-state index is 0.198. The topological polar surface area (TPSA) is 23.5 Å². The lowest BCUT2D eigenvalue weighted by Crippen LogP contribution is -2.26. The molecule has 15 heavy (non-hydrogen) atoms. The Bertz CT molecular complexity index is 353. The summed E-state index contributed by atoms with van der Waals surface area (Å²) < 4.78 is 13.1. The average Bonchev–Trinajstić information content (AvgIpc) is 2.60. The summed E-state index contributed by atoms with van der Waals surface area (Å²) in [6.07, 6.45) is 2.38. The summed E-state index contributed by atoms with van der Waals surface area (Å²) in [5, 5.41) is 9.54. The maximum Gasteiger partial charge on any atom is 0.165 e. The van der Waals surface area contributed by atoms with Crippen LogP contribution in [0.4, 0.5) is 4.39 Å². The Morgan fingerprint density at radius 1 is 1.53 bits per heavy atom. The first-order valence-electron chi connectivity index (χ1n) is 5.39. The lowest BCUT2D eigenvalue weighted by Gasteiger charge is -2.21. The van der Waals surface area contributed by atoms with Crippen LogP contribution in [0.3, 0.4) is 0 Å². The Morgan fingerprint density at radius 3 is 3.00 bits per heavy atom. The average molecular weight is 209 g/mol. The quantitative estimate of drug-likeness (QED) is 0.809. The summed E-state index contributed by atoms with van der Waals surface area (Å²) in [6.45, 7) is 3.85. The van der Waals surface area contributed by atoms with Gasteiger partial charge in [-0.05, 0) is 32.4 Å². The van der Waals surface area contributed by atoms with Crippen molar-refractivity contribution in [1.29, 1.82) is 0 Å². The van der Waals surface area contributed by atoms with Gasteiger partial charge < -0.3 is 5.11 Å². The number of rotatable bonds is 2. The van der Waals surface area contributed by atoms with E-state index in [1.165, 1.54) is 18.9 Å². The second kappa shape index (κ2) is 4.19. The first-order chi connectivity index (χ1) is 7.18. The molecule has 2 rings (SSSR count). The van der Waals surface area contributed by atoms with E-state index < -0.39 is 5.82 Å². The molecule has 2 nitrogen and oxygen atoms in total. The van der Waals surface area contributed by atoms with Gasteiger partial charge in [-0.3, -0.25) is 4.90 Å². The first kappa shape index (κ1) is 10.4. The normalized spacial score (nSPS) is 22.1. The number of phenolic OH excluding ortho intramolecular Hbond substituents is 1. The van der Waals surface area contributed by atoms with Crippen LogP contribution in [0.2, 0.25) is 0 Å². The SMILES string of the molecule is CC1CCCN1Cc1cccc(F)c1O. The molecule has 3 heteroatoms. The number of likely N-dealkylation sites (tertiary alicyclic amines) is 1. The van der Waals surface area contributed by atoms with Gasteiger partial charge in [-0.25, -0.2) is 4.39 Å². The fraction of sp³-hybridized carbons (Fsp3) is 0.500. The Balaban J connectivity index is 2.13. The van der Waals surface area contributed by atoms with Gasteiger partial charge in [0.1, 0.15) is 0 Å². The highest BCUT2D eigenvalue weighted by Gasteiger charge is 2.21. The van der Waals surface area contributed by atoms with Crippen LogP contribution in [0.15, 0.2) is 18.2 Å². The molecule has 1 heterocycles. The Labute approximate surface area is 89.3 Å². The first-order valence-corrected chi connectivity index (χ1v) is 5.39. The molecular weight excluding hydrogens is 193 g/mol. The molecule has 1 aromatic carbocycles. The third-order valence-corrected chi connectivity index (χ3v) is 3.13. The second-order valence-corrected chi connectivity index (χ2v) is 4.21. The number of halogens is 1. The standard InChI is InChI=1S/C12H16FNO/c1-9-4-3-7-14(9)8-10-5-2-6-11(13)12(10)15/h2,5-6,9,15H,3-4,7-8H2,1H3. The molecule has 0 radical (unpaired) electrons. The molecule has 1 unspecified atom stereocenters. The van der Waals surface area contributed by atoms with Crippen molar-refractivity contribution < 1.29 is 9.50 Å². The molecule has 1 atom stereocenters. The van der Waals surface area contributed by atoms with Gasteiger partial charge in [-0.15, -0.1) is 0 Å². The number of phenols is 1. The third-order valence-electron chi connectivity index (χ3n) is 3.13. The highest BCUT2D eigenvalue weighted by atomic mass is 19.1. The molecule has 1 fully saturated rings. The molecule has 0 spiro atoms. The van der Waals surface area contributed by atoms with E-state index >= 15 is 0 Å². The zero-order chi connectivity index (χ0) is 10.8. The summed E-state index contributed by atoms with van der Waals surface area (Å²) in [5.41, 5.74) is 0.684. The maximum atomic E-state index is 13.1. The molecule has 0 bridgehead atoms. The van der Waals surface area contributed by atoms with E-state index in [4.69, 9.17) is 0 Å². The molecule has 0 saturated carbocycles. The molecule has 0 aliphatic carbocycles. The van der Waals surface area contributed by atoms with Crippen molar-refractivity contribution in [2.24, 2.45) is 0 Å². The number of nitrogens with zero attached hydrogens (tertiary/aromatic N) is 1. The molecule has 1 saturated heterocycles. The summed E-state index contributed by atoms with van der Waals surface area (Å²) in [4.78, 5) is 2.27. The fourth-order valence-corrected chi connectivity index (χ4v) is 2.13. The van der Waals surface area contributed by atoms with Crippen molar-refractivity contribution in [3.8, 4) is 5.75 Å². The van der Waals surface area contributed by atoms with E-state index in [1.54, 1.807) is 12.1 Å². The molecule has 1 aliphatic rings. The third kappa shape index (κ3) is 2.12. The van der Waals surface area contributed by atoms with Crippen LogP contribution in [0.5, 0.6) is 5.75 Å². The van der Waals surface area contributed by atoms with Crippen molar-refractivity contribution in [1.82, 2.24) is 4.90 Å². The van der Waals surface area contributed by atoms with Gasteiger partial charge in [0.15, 0.2) is 11.6 Å². The van der Waals surface area contributed by atoms with E-state index in [0.29, 0.717) is 18.2 Å². The minimum Gasteiger partial charge on any atom is -0.505 e. The molecule has 1 aromatic rings. The maximum absolute atomic E-state index is 13.1. The fourth-order valence-electron chi connectivity index (χ4n) is 2.13. The molecule has 0 aromatic heterocycles. The van der Waals surface area contributed by atoms with Crippen molar-refractivity contribution in [2.45, 2.75) is 32.4 Å². The van der Waals surface area contributed by atoms with Crippen LogP contribution in [-0.2, 0) is 6.54 Å². The Kier molecular flexibility index (Phi) is 2.91. The van der Waals surface area contributed by atoms with Gasteiger partial charge in [0.2, 0.25) is 0 Å². The van der Waals surface area contributed by atoms with Crippen molar-refractivity contribution >= 4 is 0 Å². The smallest absolute Gasteiger partial charge is 0.165 e. The van der Waals surface area contributed by atoms with Crippen LogP contribution in [0.25, 0.3) is 0 Å². The zero-order valence-electron chi connectivity index (χ0n) is 8.91. The highest BCUT2D eigenvalue weighted by Crippen LogP contribution is 2.25. The summed E-state index contributed by atoms with van der Waals surface area (Å²) in [5.74, 6) is -0.726. The van der Waals surface area contributed by atoms with Crippen molar-refractivity contribution in [3.05, 3.63) is 29.6 Å². The summed E-state index contributed by atoms with van der Waals surface area (Å²) in [6, 6.07) is 5.24. The van der Waals surface area contributed by atoms with Gasteiger partial charge >= 0.3 is 0 Å². The monoisotopic (exact) mass is 209 g/mol. The molecule has 0 amide bonds. The van der Waals surface area contributed by atoms with Gasteiger partial charge in [-0.2, -0.15) is 0 Å². The zero-order valence-corrected chi connectivity index (χ0v) is 8.91. The van der Waals surface area contributed by atoms with Crippen LogP contribution in [0, 0.1) is 5.82 Å². The Morgan fingerprint density at radius 2 is 2.33 bits per heavy atom. The van der Waals surface area contributed by atoms with Crippen LogP contribution >= 0.6 is 0 Å². The molecule has 1 aliphatic heterocycles. The van der Waals surface area contributed by atoms with Crippen LogP contribution < -0.4 is 0 Å². The molecule has 82 valence electrons. The van der Waals surface area contributed by atoms with Crippen LogP contribution in [-0.4, -0.2) is 22.6 Å². The van der Waals surface area contributed by atoms with Crippen molar-refractivity contribution in [2.75, 3.05) is 6.54 Å². The molecular formula is C12H16FNO.